The summed E-state index contributed by atoms with van der Waals surface area (Å²) in [4.78, 5) is 20.3. The summed E-state index contributed by atoms with van der Waals surface area (Å²) in [6.07, 6.45) is -0.341. The Bertz CT molecular complexity index is 1760. The zero-order valence-corrected chi connectivity index (χ0v) is 24.0. The van der Waals surface area contributed by atoms with Gasteiger partial charge in [-0.05, 0) is 68.3 Å². The van der Waals surface area contributed by atoms with E-state index < -0.39 is 49.8 Å². The summed E-state index contributed by atoms with van der Waals surface area (Å²) in [5.41, 5.74) is 0.247. The molecule has 0 saturated heterocycles. The third-order valence-corrected chi connectivity index (χ3v) is 8.16. The van der Waals surface area contributed by atoms with E-state index >= 15 is 0 Å². The van der Waals surface area contributed by atoms with Gasteiger partial charge in [-0.15, -0.1) is 0 Å². The highest BCUT2D eigenvalue weighted by atomic mass is 32.2. The molecule has 9 nitrogen and oxygen atoms in total. The van der Waals surface area contributed by atoms with Crippen molar-refractivity contribution in [1.29, 1.82) is 0 Å². The fourth-order valence-corrected chi connectivity index (χ4v) is 5.81. The molecule has 13 heteroatoms. The van der Waals surface area contributed by atoms with Crippen molar-refractivity contribution in [1.82, 2.24) is 14.5 Å². The number of aryl methyl sites for hydroxylation is 1. The van der Waals surface area contributed by atoms with Crippen LogP contribution in [0.1, 0.15) is 37.0 Å². The Labute approximate surface area is 240 Å². The number of benzene rings is 2. The van der Waals surface area contributed by atoms with Gasteiger partial charge in [0.05, 0.1) is 23.6 Å². The zero-order valence-electron chi connectivity index (χ0n) is 23.1. The summed E-state index contributed by atoms with van der Waals surface area (Å²) in [5.74, 6) is -3.77. The highest BCUT2D eigenvalue weighted by molar-refractivity contribution is 7.91. The van der Waals surface area contributed by atoms with Crippen LogP contribution in [0.2, 0.25) is 0 Å². The third kappa shape index (κ3) is 6.37. The molecule has 2 aromatic heterocycles. The standard InChI is InChI=1S/C29H28F3N3O6S/c1-16(2)41-15-26-34-28(36)27(29(37)35(26)24(14-40-4)19-11-20(30)13-21(31)12-19)42(38,39)22-7-5-18(6-8-22)23-9-10-25(32)33-17(23)3/h5-13,16,24,36H,14-15H2,1-4H3. The number of sulfone groups is 1. The zero-order chi connectivity index (χ0) is 30.8. The number of halogens is 3. The van der Waals surface area contributed by atoms with E-state index in [0.29, 0.717) is 22.9 Å². The number of aromatic nitrogens is 3. The molecule has 0 amide bonds. The molecule has 2 aromatic carbocycles. The first-order chi connectivity index (χ1) is 19.8. The Kier molecular flexibility index (Phi) is 9.14. The predicted molar refractivity (Wildman–Crippen MR) is 146 cm³/mol. The SMILES string of the molecule is COCC(c1cc(F)cc(F)c1)n1c(COC(C)C)nc(O)c(S(=O)(=O)c2ccc(-c3ccc(F)nc3C)cc2)c1=O. The van der Waals surface area contributed by atoms with E-state index in [1.54, 1.807) is 20.8 Å². The normalized spacial score (nSPS) is 12.6. The van der Waals surface area contributed by atoms with Gasteiger partial charge in [-0.1, -0.05) is 12.1 Å². The van der Waals surface area contributed by atoms with E-state index in [9.17, 15) is 31.5 Å². The minimum atomic E-state index is -4.68. The lowest BCUT2D eigenvalue weighted by atomic mass is 10.1. The highest BCUT2D eigenvalue weighted by Gasteiger charge is 2.32. The molecule has 42 heavy (non-hydrogen) atoms. The first-order valence-corrected chi connectivity index (χ1v) is 14.2. The monoisotopic (exact) mass is 603 g/mol. The Hall–Kier alpha value is -4.07. The fourth-order valence-electron chi connectivity index (χ4n) is 4.46. The number of aromatic hydroxyl groups is 1. The van der Waals surface area contributed by atoms with Crippen LogP contribution in [0.25, 0.3) is 11.1 Å². The van der Waals surface area contributed by atoms with E-state index in [1.807, 2.05) is 0 Å². The first-order valence-electron chi connectivity index (χ1n) is 12.7. The van der Waals surface area contributed by atoms with Crippen LogP contribution in [0.3, 0.4) is 0 Å². The molecule has 1 atom stereocenters. The second-order valence-corrected chi connectivity index (χ2v) is 11.6. The van der Waals surface area contributed by atoms with Gasteiger partial charge in [0.2, 0.25) is 21.7 Å². The van der Waals surface area contributed by atoms with Crippen LogP contribution in [0, 0.1) is 24.5 Å². The summed E-state index contributed by atoms with van der Waals surface area (Å²) in [5, 5.41) is 10.8. The highest BCUT2D eigenvalue weighted by Crippen LogP contribution is 2.30. The van der Waals surface area contributed by atoms with E-state index in [4.69, 9.17) is 9.47 Å². The Morgan fingerprint density at radius 3 is 2.19 bits per heavy atom. The Balaban J connectivity index is 1.90. The minimum absolute atomic E-state index is 0.0364. The molecule has 2 heterocycles. The molecule has 0 aliphatic rings. The molecule has 4 aromatic rings. The second kappa shape index (κ2) is 12.4. The molecule has 0 aliphatic heterocycles. The average molecular weight is 604 g/mol. The Morgan fingerprint density at radius 1 is 0.976 bits per heavy atom. The molecule has 0 spiro atoms. The summed E-state index contributed by atoms with van der Waals surface area (Å²) >= 11 is 0. The van der Waals surface area contributed by atoms with Gasteiger partial charge in [-0.25, -0.2) is 22.2 Å². The van der Waals surface area contributed by atoms with Crippen LogP contribution < -0.4 is 5.56 Å². The first kappa shape index (κ1) is 30.9. The molecule has 0 saturated carbocycles. The van der Waals surface area contributed by atoms with Crippen LogP contribution in [-0.4, -0.2) is 47.9 Å². The van der Waals surface area contributed by atoms with Crippen molar-refractivity contribution in [3.8, 4) is 17.0 Å². The van der Waals surface area contributed by atoms with Crippen molar-refractivity contribution >= 4 is 9.84 Å². The van der Waals surface area contributed by atoms with Crippen molar-refractivity contribution in [3.05, 3.63) is 99.6 Å². The van der Waals surface area contributed by atoms with Crippen molar-refractivity contribution in [2.24, 2.45) is 0 Å². The lowest BCUT2D eigenvalue weighted by molar-refractivity contribution is 0.0557. The Morgan fingerprint density at radius 2 is 1.62 bits per heavy atom. The topological polar surface area (TPSA) is 121 Å². The minimum Gasteiger partial charge on any atom is -0.492 e. The maximum atomic E-state index is 14.2. The number of pyridine rings is 1. The number of nitrogens with zero attached hydrogens (tertiary/aromatic N) is 3. The van der Waals surface area contributed by atoms with Crippen molar-refractivity contribution in [2.45, 2.75) is 49.3 Å². The van der Waals surface area contributed by atoms with Crippen LogP contribution in [0.4, 0.5) is 13.2 Å². The number of rotatable bonds is 10. The molecule has 1 unspecified atom stereocenters. The van der Waals surface area contributed by atoms with Gasteiger partial charge >= 0.3 is 0 Å². The van der Waals surface area contributed by atoms with Gasteiger partial charge in [-0.2, -0.15) is 9.37 Å². The number of ether oxygens (including phenoxy) is 2. The van der Waals surface area contributed by atoms with Crippen molar-refractivity contribution < 1.29 is 36.2 Å². The van der Waals surface area contributed by atoms with Gasteiger partial charge in [-0.3, -0.25) is 9.36 Å². The largest absolute Gasteiger partial charge is 0.492 e. The van der Waals surface area contributed by atoms with E-state index in [1.165, 1.54) is 43.5 Å². The average Bonchev–Trinajstić information content (AvgIpc) is 2.90. The third-order valence-electron chi connectivity index (χ3n) is 6.38. The molecule has 0 aliphatic carbocycles. The molecular weight excluding hydrogens is 575 g/mol. The summed E-state index contributed by atoms with van der Waals surface area (Å²) in [6, 6.07) is 9.40. The summed E-state index contributed by atoms with van der Waals surface area (Å²) in [7, 11) is -3.39. The fraction of sp³-hybridized carbons (Fsp3) is 0.276. The summed E-state index contributed by atoms with van der Waals surface area (Å²) < 4.78 is 81.0. The van der Waals surface area contributed by atoms with Crippen LogP contribution >= 0.6 is 0 Å². The maximum absolute atomic E-state index is 14.2. The van der Waals surface area contributed by atoms with Crippen molar-refractivity contribution in [3.63, 3.8) is 0 Å². The molecule has 4 rings (SSSR count). The number of methoxy groups -OCH3 is 1. The van der Waals surface area contributed by atoms with E-state index in [0.717, 1.165) is 16.7 Å². The maximum Gasteiger partial charge on any atom is 0.277 e. The molecule has 1 N–H and O–H groups in total. The second-order valence-electron chi connectivity index (χ2n) is 9.68. The predicted octanol–water partition coefficient (Wildman–Crippen LogP) is 4.73. The molecule has 0 radical (unpaired) electrons. The van der Waals surface area contributed by atoms with Gasteiger partial charge in [0.15, 0.2) is 4.90 Å². The van der Waals surface area contributed by atoms with Crippen LogP contribution in [0.15, 0.2) is 69.2 Å². The van der Waals surface area contributed by atoms with Crippen molar-refractivity contribution in [2.75, 3.05) is 13.7 Å². The lowest BCUT2D eigenvalue weighted by Crippen LogP contribution is -2.35. The molecular formula is C29H28F3N3O6S. The summed E-state index contributed by atoms with van der Waals surface area (Å²) in [6.45, 7) is 4.38. The quantitative estimate of drug-likeness (QED) is 0.259. The lowest BCUT2D eigenvalue weighted by Gasteiger charge is -2.24. The van der Waals surface area contributed by atoms with E-state index in [2.05, 4.69) is 9.97 Å². The van der Waals surface area contributed by atoms with Gasteiger partial charge in [0.1, 0.15) is 24.1 Å². The van der Waals surface area contributed by atoms with Gasteiger partial charge < -0.3 is 14.6 Å². The molecule has 0 fully saturated rings. The van der Waals surface area contributed by atoms with Crippen LogP contribution in [0.5, 0.6) is 5.88 Å². The number of hydrogen-bond acceptors (Lipinski definition) is 8. The van der Waals surface area contributed by atoms with Crippen LogP contribution in [-0.2, 0) is 25.9 Å². The van der Waals surface area contributed by atoms with Gasteiger partial charge in [0.25, 0.3) is 5.56 Å². The van der Waals surface area contributed by atoms with Gasteiger partial charge in [0, 0.05) is 24.4 Å². The smallest absolute Gasteiger partial charge is 0.277 e. The van der Waals surface area contributed by atoms with E-state index in [-0.39, 0.29) is 35.6 Å². The molecule has 222 valence electrons. The number of hydrogen-bond donors (Lipinski definition) is 1. The molecule has 0 bridgehead atoms.